The second-order valence-corrected chi connectivity index (χ2v) is 4.01. The fourth-order valence-corrected chi connectivity index (χ4v) is 1.87. The Morgan fingerprint density at radius 1 is 1.41 bits per heavy atom. The van der Waals surface area contributed by atoms with E-state index in [1.165, 1.54) is 7.11 Å². The molecule has 4 nitrogen and oxygen atoms in total. The minimum atomic E-state index is -0.487. The molecular formula is C13H14O4. The van der Waals surface area contributed by atoms with Crippen LogP contribution in [0, 0.1) is 0 Å². The van der Waals surface area contributed by atoms with Crippen molar-refractivity contribution >= 4 is 11.8 Å². The van der Waals surface area contributed by atoms with Gasteiger partial charge in [-0.2, -0.15) is 0 Å². The fourth-order valence-electron chi connectivity index (χ4n) is 1.87. The van der Waals surface area contributed by atoms with E-state index >= 15 is 0 Å². The number of benzene rings is 1. The van der Waals surface area contributed by atoms with Gasteiger partial charge in [-0.1, -0.05) is 12.1 Å². The molecule has 0 radical (unpaired) electrons. The quantitative estimate of drug-likeness (QED) is 0.582. The molecule has 17 heavy (non-hydrogen) atoms. The first-order valence-corrected chi connectivity index (χ1v) is 5.52. The molecule has 0 amide bonds. The highest BCUT2D eigenvalue weighted by atomic mass is 16.5. The van der Waals surface area contributed by atoms with Crippen LogP contribution in [-0.2, 0) is 27.2 Å². The second-order valence-electron chi connectivity index (χ2n) is 4.01. The van der Waals surface area contributed by atoms with Crippen molar-refractivity contribution in [1.29, 1.82) is 0 Å². The first-order valence-electron chi connectivity index (χ1n) is 5.52. The Bertz CT molecular complexity index is 451. The van der Waals surface area contributed by atoms with Crippen molar-refractivity contribution in [2.24, 2.45) is 0 Å². The van der Waals surface area contributed by atoms with Gasteiger partial charge < -0.3 is 9.47 Å². The van der Waals surface area contributed by atoms with Crippen LogP contribution in [-0.4, -0.2) is 25.5 Å². The number of methoxy groups -OCH3 is 1. The van der Waals surface area contributed by atoms with Gasteiger partial charge in [-0.05, 0) is 17.2 Å². The van der Waals surface area contributed by atoms with Crippen LogP contribution in [0.5, 0.6) is 5.75 Å². The number of esters is 1. The Morgan fingerprint density at radius 2 is 2.24 bits per heavy atom. The molecule has 0 saturated carbocycles. The SMILES string of the molecule is COC(=O)CC(=O)Cc1ccc2c(c1)CCO2. The molecule has 1 aliphatic heterocycles. The van der Waals surface area contributed by atoms with Crippen LogP contribution in [0.15, 0.2) is 18.2 Å². The molecule has 90 valence electrons. The van der Waals surface area contributed by atoms with Crippen molar-refractivity contribution in [3.63, 3.8) is 0 Å². The third kappa shape index (κ3) is 2.84. The summed E-state index contributed by atoms with van der Waals surface area (Å²) < 4.78 is 9.83. The molecule has 0 unspecified atom stereocenters. The fraction of sp³-hybridized carbons (Fsp3) is 0.385. The van der Waals surface area contributed by atoms with E-state index in [0.29, 0.717) is 6.61 Å². The number of fused-ring (bicyclic) bond motifs is 1. The lowest BCUT2D eigenvalue weighted by molar-refractivity contribution is -0.143. The van der Waals surface area contributed by atoms with E-state index in [9.17, 15) is 9.59 Å². The molecule has 0 aromatic heterocycles. The van der Waals surface area contributed by atoms with Crippen molar-refractivity contribution in [3.05, 3.63) is 29.3 Å². The topological polar surface area (TPSA) is 52.6 Å². The molecule has 0 spiro atoms. The second kappa shape index (κ2) is 4.99. The highest BCUT2D eigenvalue weighted by Gasteiger charge is 2.14. The monoisotopic (exact) mass is 234 g/mol. The van der Waals surface area contributed by atoms with E-state index in [4.69, 9.17) is 4.74 Å². The third-order valence-corrected chi connectivity index (χ3v) is 2.72. The maximum Gasteiger partial charge on any atom is 0.313 e. The summed E-state index contributed by atoms with van der Waals surface area (Å²) in [6.07, 6.45) is 0.987. The van der Waals surface area contributed by atoms with Crippen LogP contribution in [0.4, 0.5) is 0 Å². The summed E-state index contributed by atoms with van der Waals surface area (Å²) in [6.45, 7) is 0.703. The molecule has 1 aromatic carbocycles. The maximum absolute atomic E-state index is 11.5. The van der Waals surface area contributed by atoms with E-state index in [1.807, 2.05) is 18.2 Å². The summed E-state index contributed by atoms with van der Waals surface area (Å²) >= 11 is 0. The van der Waals surface area contributed by atoms with Gasteiger partial charge in [0.25, 0.3) is 0 Å². The number of ketones is 1. The maximum atomic E-state index is 11.5. The summed E-state index contributed by atoms with van der Waals surface area (Å²) in [5, 5.41) is 0. The molecule has 0 aliphatic carbocycles. The zero-order chi connectivity index (χ0) is 12.3. The van der Waals surface area contributed by atoms with Gasteiger partial charge in [0.05, 0.1) is 13.7 Å². The minimum absolute atomic E-state index is 0.129. The van der Waals surface area contributed by atoms with Gasteiger partial charge in [-0.15, -0.1) is 0 Å². The van der Waals surface area contributed by atoms with Crippen molar-refractivity contribution in [2.75, 3.05) is 13.7 Å². The first kappa shape index (κ1) is 11.6. The van der Waals surface area contributed by atoms with E-state index < -0.39 is 5.97 Å². The highest BCUT2D eigenvalue weighted by Crippen LogP contribution is 2.26. The van der Waals surface area contributed by atoms with Gasteiger partial charge >= 0.3 is 5.97 Å². The average molecular weight is 234 g/mol. The molecule has 0 fully saturated rings. The van der Waals surface area contributed by atoms with Gasteiger partial charge in [-0.25, -0.2) is 0 Å². The van der Waals surface area contributed by atoms with Gasteiger partial charge in [0.15, 0.2) is 0 Å². The minimum Gasteiger partial charge on any atom is -0.493 e. The van der Waals surface area contributed by atoms with Crippen LogP contribution in [0.1, 0.15) is 17.5 Å². The number of carbonyl (C=O) groups is 2. The molecule has 2 rings (SSSR count). The first-order chi connectivity index (χ1) is 8.19. The number of rotatable bonds is 4. The molecule has 1 heterocycles. The Labute approximate surface area is 99.5 Å². The lowest BCUT2D eigenvalue weighted by Crippen LogP contribution is -2.11. The van der Waals surface area contributed by atoms with Crippen molar-refractivity contribution in [3.8, 4) is 5.75 Å². The smallest absolute Gasteiger partial charge is 0.313 e. The summed E-state index contributed by atoms with van der Waals surface area (Å²) in [6, 6.07) is 5.71. The number of Topliss-reactive ketones (excluding diaryl/α,β-unsaturated/α-hetero) is 1. The Morgan fingerprint density at radius 3 is 3.00 bits per heavy atom. The summed E-state index contributed by atoms with van der Waals surface area (Å²) in [7, 11) is 1.28. The number of hydrogen-bond donors (Lipinski definition) is 0. The van der Waals surface area contributed by atoms with E-state index in [1.54, 1.807) is 0 Å². The van der Waals surface area contributed by atoms with Crippen molar-refractivity contribution in [1.82, 2.24) is 0 Å². The number of carbonyl (C=O) groups excluding carboxylic acids is 2. The Hall–Kier alpha value is -1.84. The molecule has 0 bridgehead atoms. The molecule has 0 atom stereocenters. The van der Waals surface area contributed by atoms with Crippen LogP contribution >= 0.6 is 0 Å². The molecular weight excluding hydrogens is 220 g/mol. The van der Waals surface area contributed by atoms with Gasteiger partial charge in [0, 0.05) is 12.8 Å². The van der Waals surface area contributed by atoms with Crippen molar-refractivity contribution in [2.45, 2.75) is 19.3 Å². The van der Waals surface area contributed by atoms with Crippen LogP contribution in [0.3, 0.4) is 0 Å². The van der Waals surface area contributed by atoms with E-state index in [2.05, 4.69) is 4.74 Å². The zero-order valence-electron chi connectivity index (χ0n) is 9.69. The standard InChI is InChI=1S/C13H14O4/c1-16-13(15)8-11(14)7-9-2-3-12-10(6-9)4-5-17-12/h2-3,6H,4-5,7-8H2,1H3. The summed E-state index contributed by atoms with van der Waals surface area (Å²) in [5.41, 5.74) is 2.05. The predicted octanol–water partition coefficient (Wildman–Crippen LogP) is 1.30. The van der Waals surface area contributed by atoms with Gasteiger partial charge in [0.1, 0.15) is 18.0 Å². The van der Waals surface area contributed by atoms with Crippen molar-refractivity contribution < 1.29 is 19.1 Å². The highest BCUT2D eigenvalue weighted by molar-refractivity contribution is 5.96. The molecule has 1 aromatic rings. The lowest BCUT2D eigenvalue weighted by Gasteiger charge is -2.03. The largest absolute Gasteiger partial charge is 0.493 e. The summed E-state index contributed by atoms with van der Waals surface area (Å²) in [5.74, 6) is 0.282. The normalized spacial score (nSPS) is 12.8. The van der Waals surface area contributed by atoms with Gasteiger partial charge in [-0.3, -0.25) is 9.59 Å². The third-order valence-electron chi connectivity index (χ3n) is 2.72. The summed E-state index contributed by atoms with van der Waals surface area (Å²) in [4.78, 5) is 22.5. The van der Waals surface area contributed by atoms with E-state index in [-0.39, 0.29) is 18.6 Å². The molecule has 4 heteroatoms. The van der Waals surface area contributed by atoms with Gasteiger partial charge in [0.2, 0.25) is 0 Å². The number of hydrogen-bond acceptors (Lipinski definition) is 4. The van der Waals surface area contributed by atoms with Crippen LogP contribution < -0.4 is 4.74 Å². The lowest BCUT2D eigenvalue weighted by atomic mass is 10.0. The molecule has 1 aliphatic rings. The average Bonchev–Trinajstić information content (AvgIpc) is 2.75. The molecule has 0 saturated heterocycles. The predicted molar refractivity (Wildman–Crippen MR) is 61.0 cm³/mol. The van der Waals surface area contributed by atoms with E-state index in [0.717, 1.165) is 23.3 Å². The zero-order valence-corrected chi connectivity index (χ0v) is 9.69. The number of ether oxygens (including phenoxy) is 2. The Balaban J connectivity index is 1.99. The van der Waals surface area contributed by atoms with Crippen LogP contribution in [0.2, 0.25) is 0 Å². The molecule has 0 N–H and O–H groups in total. The van der Waals surface area contributed by atoms with Crippen LogP contribution in [0.25, 0.3) is 0 Å². The Kier molecular flexibility index (Phi) is 3.42.